The number of likely N-dealkylation sites (tertiary alicyclic amines) is 1. The highest BCUT2D eigenvalue weighted by molar-refractivity contribution is 6.33. The van der Waals surface area contributed by atoms with E-state index in [0.717, 1.165) is 5.56 Å². The Hall–Kier alpha value is -2.40. The zero-order chi connectivity index (χ0) is 18.5. The average Bonchev–Trinajstić information content (AvgIpc) is 2.69. The third kappa shape index (κ3) is 4.05. The van der Waals surface area contributed by atoms with Crippen molar-refractivity contribution in [3.8, 4) is 5.88 Å². The summed E-state index contributed by atoms with van der Waals surface area (Å²) in [5.74, 6) is 0.253. The maximum atomic E-state index is 12.8. The number of pyridine rings is 1. The molecule has 1 aliphatic rings. The van der Waals surface area contributed by atoms with Crippen LogP contribution in [0.2, 0.25) is 5.02 Å². The number of hydrogen-bond acceptors (Lipinski definition) is 4. The molecule has 1 saturated heterocycles. The molecule has 0 atom stereocenters. The second-order valence-electron chi connectivity index (χ2n) is 6.21. The van der Waals surface area contributed by atoms with E-state index >= 15 is 0 Å². The number of amides is 1. The van der Waals surface area contributed by atoms with Crippen molar-refractivity contribution in [3.05, 3.63) is 58.7 Å². The van der Waals surface area contributed by atoms with Gasteiger partial charge in [0, 0.05) is 30.6 Å². The summed E-state index contributed by atoms with van der Waals surface area (Å²) in [5.41, 5.74) is 0.928. The van der Waals surface area contributed by atoms with Gasteiger partial charge in [0.25, 0.3) is 5.91 Å². The van der Waals surface area contributed by atoms with Crippen molar-refractivity contribution in [1.82, 2.24) is 9.88 Å². The van der Waals surface area contributed by atoms with Crippen molar-refractivity contribution in [2.75, 3.05) is 19.7 Å². The molecule has 3 rings (SSSR count). The van der Waals surface area contributed by atoms with E-state index in [1.165, 1.54) is 0 Å². The summed E-state index contributed by atoms with van der Waals surface area (Å²) in [4.78, 5) is 31.3. The van der Waals surface area contributed by atoms with Crippen LogP contribution in [-0.4, -0.2) is 41.3 Å². The highest BCUT2D eigenvalue weighted by atomic mass is 35.5. The fourth-order valence-corrected chi connectivity index (χ4v) is 3.32. The standard InChI is InChI=1S/C20H21ClN2O3/c1-2-26-17-9-8-16(21)18(22-17)20(25)23-12-10-15(11-13-23)19(24)14-6-4-3-5-7-14/h3-9,15H,2,10-13H2,1H3. The summed E-state index contributed by atoms with van der Waals surface area (Å²) in [6.07, 6.45) is 1.28. The molecule has 0 unspecified atom stereocenters. The zero-order valence-corrected chi connectivity index (χ0v) is 15.4. The van der Waals surface area contributed by atoms with E-state index in [9.17, 15) is 9.59 Å². The molecular weight excluding hydrogens is 352 g/mol. The van der Waals surface area contributed by atoms with Gasteiger partial charge in [0.2, 0.25) is 5.88 Å². The first-order valence-electron chi connectivity index (χ1n) is 8.78. The van der Waals surface area contributed by atoms with Crippen molar-refractivity contribution in [2.45, 2.75) is 19.8 Å². The molecule has 1 aromatic carbocycles. The van der Waals surface area contributed by atoms with Crippen LogP contribution >= 0.6 is 11.6 Å². The molecule has 1 fully saturated rings. The highest BCUT2D eigenvalue weighted by Gasteiger charge is 2.29. The van der Waals surface area contributed by atoms with Gasteiger partial charge in [-0.25, -0.2) is 4.98 Å². The summed E-state index contributed by atoms with van der Waals surface area (Å²) < 4.78 is 5.35. The van der Waals surface area contributed by atoms with Gasteiger partial charge < -0.3 is 9.64 Å². The van der Waals surface area contributed by atoms with Crippen molar-refractivity contribution >= 4 is 23.3 Å². The lowest BCUT2D eigenvalue weighted by atomic mass is 9.89. The number of nitrogens with zero attached hydrogens (tertiary/aromatic N) is 2. The zero-order valence-electron chi connectivity index (χ0n) is 14.7. The number of carbonyl (C=O) groups excluding carboxylic acids is 2. The second-order valence-corrected chi connectivity index (χ2v) is 6.62. The molecule has 0 bridgehead atoms. The first-order valence-corrected chi connectivity index (χ1v) is 9.15. The average molecular weight is 373 g/mol. The second kappa shape index (κ2) is 8.32. The molecule has 0 saturated carbocycles. The molecule has 0 N–H and O–H groups in total. The Morgan fingerprint density at radius 3 is 2.50 bits per heavy atom. The lowest BCUT2D eigenvalue weighted by molar-refractivity contribution is 0.0645. The number of Topliss-reactive ketones (excluding diaryl/α,β-unsaturated/α-hetero) is 1. The van der Waals surface area contributed by atoms with E-state index < -0.39 is 0 Å². The van der Waals surface area contributed by atoms with Gasteiger partial charge in [0.05, 0.1) is 11.6 Å². The molecule has 0 spiro atoms. The molecular formula is C20H21ClN2O3. The first kappa shape index (κ1) is 18.4. The number of halogens is 1. The van der Waals surface area contributed by atoms with E-state index in [1.54, 1.807) is 17.0 Å². The Morgan fingerprint density at radius 2 is 1.85 bits per heavy atom. The van der Waals surface area contributed by atoms with Crippen molar-refractivity contribution < 1.29 is 14.3 Å². The number of hydrogen-bond donors (Lipinski definition) is 0. The van der Waals surface area contributed by atoms with Gasteiger partial charge in [-0.2, -0.15) is 0 Å². The van der Waals surface area contributed by atoms with Crippen LogP contribution in [0, 0.1) is 5.92 Å². The summed E-state index contributed by atoms with van der Waals surface area (Å²) in [7, 11) is 0. The maximum Gasteiger partial charge on any atom is 0.274 e. The minimum Gasteiger partial charge on any atom is -0.478 e. The van der Waals surface area contributed by atoms with Crippen LogP contribution in [0.25, 0.3) is 0 Å². The number of piperidine rings is 1. The molecule has 26 heavy (non-hydrogen) atoms. The van der Waals surface area contributed by atoms with Gasteiger partial charge in [-0.05, 0) is 25.8 Å². The Bertz CT molecular complexity index is 787. The van der Waals surface area contributed by atoms with Crippen molar-refractivity contribution in [3.63, 3.8) is 0 Å². The SMILES string of the molecule is CCOc1ccc(Cl)c(C(=O)N2CCC(C(=O)c3ccccc3)CC2)n1. The predicted molar refractivity (Wildman–Crippen MR) is 99.8 cm³/mol. The molecule has 2 aromatic rings. The van der Waals surface area contributed by atoms with Crippen molar-refractivity contribution in [1.29, 1.82) is 0 Å². The number of carbonyl (C=O) groups is 2. The number of benzene rings is 1. The van der Waals surface area contributed by atoms with Crippen LogP contribution < -0.4 is 4.74 Å². The van der Waals surface area contributed by atoms with Gasteiger partial charge >= 0.3 is 0 Å². The fraction of sp³-hybridized carbons (Fsp3) is 0.350. The molecule has 136 valence electrons. The minimum atomic E-state index is -0.220. The molecule has 0 aliphatic carbocycles. The smallest absolute Gasteiger partial charge is 0.274 e. The summed E-state index contributed by atoms with van der Waals surface area (Å²) in [5, 5.41) is 0.306. The van der Waals surface area contributed by atoms with E-state index in [-0.39, 0.29) is 23.3 Å². The van der Waals surface area contributed by atoms with Gasteiger partial charge in [-0.1, -0.05) is 41.9 Å². The lowest BCUT2D eigenvalue weighted by Gasteiger charge is -2.31. The fourth-order valence-electron chi connectivity index (χ4n) is 3.14. The summed E-state index contributed by atoms with van der Waals surface area (Å²) in [6, 6.07) is 12.6. The van der Waals surface area contributed by atoms with Gasteiger partial charge in [0.15, 0.2) is 11.5 Å². The molecule has 1 aromatic heterocycles. The molecule has 1 aliphatic heterocycles. The van der Waals surface area contributed by atoms with Gasteiger partial charge in [0.1, 0.15) is 0 Å². The Labute approximate surface area is 157 Å². The predicted octanol–water partition coefficient (Wildman–Crippen LogP) is 3.87. The number of aromatic nitrogens is 1. The first-order chi connectivity index (χ1) is 12.6. The Balaban J connectivity index is 1.65. The van der Waals surface area contributed by atoms with Gasteiger partial charge in [-0.15, -0.1) is 0 Å². The van der Waals surface area contributed by atoms with Crippen LogP contribution in [0.15, 0.2) is 42.5 Å². The molecule has 0 radical (unpaired) electrons. The third-order valence-electron chi connectivity index (χ3n) is 4.53. The van der Waals surface area contributed by atoms with Crippen LogP contribution in [-0.2, 0) is 0 Å². The van der Waals surface area contributed by atoms with Crippen molar-refractivity contribution in [2.24, 2.45) is 5.92 Å². The van der Waals surface area contributed by atoms with Crippen LogP contribution in [0.5, 0.6) is 5.88 Å². The van der Waals surface area contributed by atoms with Gasteiger partial charge in [-0.3, -0.25) is 9.59 Å². The summed E-state index contributed by atoms with van der Waals surface area (Å²) in [6.45, 7) is 3.35. The van der Waals surface area contributed by atoms with E-state index in [1.807, 2.05) is 37.3 Å². The monoisotopic (exact) mass is 372 g/mol. The Morgan fingerprint density at radius 1 is 1.15 bits per heavy atom. The third-order valence-corrected chi connectivity index (χ3v) is 4.83. The largest absolute Gasteiger partial charge is 0.478 e. The summed E-state index contributed by atoms with van der Waals surface area (Å²) >= 11 is 6.15. The minimum absolute atomic E-state index is 0.0559. The topological polar surface area (TPSA) is 59.5 Å². The van der Waals surface area contributed by atoms with Crippen LogP contribution in [0.4, 0.5) is 0 Å². The van der Waals surface area contributed by atoms with Crippen LogP contribution in [0.3, 0.4) is 0 Å². The van der Waals surface area contributed by atoms with E-state index in [2.05, 4.69) is 4.98 Å². The molecule has 5 nitrogen and oxygen atoms in total. The molecule has 6 heteroatoms. The quantitative estimate of drug-likeness (QED) is 0.747. The van der Waals surface area contributed by atoms with E-state index in [4.69, 9.17) is 16.3 Å². The molecule has 1 amide bonds. The van der Waals surface area contributed by atoms with Crippen LogP contribution in [0.1, 0.15) is 40.6 Å². The molecule has 2 heterocycles. The highest BCUT2D eigenvalue weighted by Crippen LogP contribution is 2.25. The number of rotatable bonds is 5. The normalized spacial score (nSPS) is 14.9. The number of ketones is 1. The maximum absolute atomic E-state index is 12.8. The number of ether oxygens (including phenoxy) is 1. The van der Waals surface area contributed by atoms with E-state index in [0.29, 0.717) is 43.4 Å². The lowest BCUT2D eigenvalue weighted by Crippen LogP contribution is -2.40. The Kier molecular flexibility index (Phi) is 5.89.